The van der Waals surface area contributed by atoms with E-state index in [0.717, 1.165) is 5.56 Å². The quantitative estimate of drug-likeness (QED) is 0.572. The van der Waals surface area contributed by atoms with Gasteiger partial charge in [-0.1, -0.05) is 6.07 Å². The van der Waals surface area contributed by atoms with Crippen molar-refractivity contribution in [3.05, 3.63) is 29.6 Å². The maximum Gasteiger partial charge on any atom is 0.491 e. The lowest BCUT2D eigenvalue weighted by Crippen LogP contribution is -2.27. The van der Waals surface area contributed by atoms with E-state index in [-0.39, 0.29) is 11.9 Å². The number of halogens is 1. The van der Waals surface area contributed by atoms with Crippen LogP contribution >= 0.6 is 0 Å². The summed E-state index contributed by atoms with van der Waals surface area (Å²) in [5.74, 6) is -0.293. The molecule has 1 aliphatic heterocycles. The third-order valence-corrected chi connectivity index (χ3v) is 2.09. The second-order valence-electron chi connectivity index (χ2n) is 2.90. The van der Waals surface area contributed by atoms with Crippen molar-refractivity contribution in [1.82, 2.24) is 0 Å². The van der Waals surface area contributed by atoms with E-state index < -0.39 is 7.12 Å². The van der Waals surface area contributed by atoms with E-state index in [1.807, 2.05) is 0 Å². The van der Waals surface area contributed by atoms with Crippen LogP contribution in [-0.2, 0) is 4.65 Å². The van der Waals surface area contributed by atoms with Crippen molar-refractivity contribution < 1.29 is 14.1 Å². The molecule has 0 saturated carbocycles. The first-order valence-electron chi connectivity index (χ1n) is 3.81. The minimum absolute atomic E-state index is 0.217. The van der Waals surface area contributed by atoms with Gasteiger partial charge in [-0.2, -0.15) is 0 Å². The molecule has 0 amide bonds. The van der Waals surface area contributed by atoms with Crippen LogP contribution in [0.4, 0.5) is 4.39 Å². The fourth-order valence-electron chi connectivity index (χ4n) is 1.46. The molecule has 0 radical (unpaired) electrons. The monoisotopic (exact) mass is 166 g/mol. The highest BCUT2D eigenvalue weighted by Crippen LogP contribution is 2.22. The van der Waals surface area contributed by atoms with Gasteiger partial charge < -0.3 is 9.68 Å². The number of fused-ring (bicyclic) bond motifs is 1. The largest absolute Gasteiger partial charge is 0.491 e. The van der Waals surface area contributed by atoms with Gasteiger partial charge in [0.1, 0.15) is 5.82 Å². The third kappa shape index (κ3) is 1.04. The van der Waals surface area contributed by atoms with Gasteiger partial charge in [0.25, 0.3) is 0 Å². The van der Waals surface area contributed by atoms with Crippen LogP contribution in [-0.4, -0.2) is 12.1 Å². The van der Waals surface area contributed by atoms with E-state index in [4.69, 9.17) is 4.65 Å². The van der Waals surface area contributed by atoms with Gasteiger partial charge in [0.05, 0.1) is 6.10 Å². The zero-order valence-corrected chi connectivity index (χ0v) is 6.62. The smallest absolute Gasteiger partial charge is 0.423 e. The lowest BCUT2D eigenvalue weighted by molar-refractivity contribution is 0.208. The molecule has 0 aliphatic carbocycles. The maximum atomic E-state index is 12.7. The molecule has 62 valence electrons. The van der Waals surface area contributed by atoms with Crippen molar-refractivity contribution in [1.29, 1.82) is 0 Å². The molecule has 12 heavy (non-hydrogen) atoms. The predicted octanol–water partition coefficient (Wildman–Crippen LogP) is 0.604. The van der Waals surface area contributed by atoms with Gasteiger partial charge in [-0.05, 0) is 30.1 Å². The van der Waals surface area contributed by atoms with Crippen molar-refractivity contribution in [2.24, 2.45) is 0 Å². The summed E-state index contributed by atoms with van der Waals surface area (Å²) in [7, 11) is -0.893. The number of benzene rings is 1. The highest BCUT2D eigenvalue weighted by molar-refractivity contribution is 6.61. The first-order valence-corrected chi connectivity index (χ1v) is 3.81. The molecule has 0 bridgehead atoms. The van der Waals surface area contributed by atoms with E-state index >= 15 is 0 Å². The van der Waals surface area contributed by atoms with E-state index in [2.05, 4.69) is 0 Å². The first kappa shape index (κ1) is 7.77. The molecule has 2 rings (SSSR count). The standard InChI is InChI=1S/C8H8BFO2/c1-5-7-4-6(10)2-3-8(7)9(11)12-5/h2-5,11H,1H3/t5-/m0/s1. The van der Waals surface area contributed by atoms with Gasteiger partial charge in [0.2, 0.25) is 0 Å². The predicted molar refractivity (Wildman–Crippen MR) is 43.5 cm³/mol. The van der Waals surface area contributed by atoms with Crippen molar-refractivity contribution in [2.75, 3.05) is 0 Å². The molecule has 1 aromatic carbocycles. The van der Waals surface area contributed by atoms with Gasteiger partial charge in [-0.15, -0.1) is 0 Å². The Balaban J connectivity index is 2.53. The van der Waals surface area contributed by atoms with Crippen LogP contribution in [0.5, 0.6) is 0 Å². The molecule has 0 unspecified atom stereocenters. The third-order valence-electron chi connectivity index (χ3n) is 2.09. The van der Waals surface area contributed by atoms with E-state index in [1.165, 1.54) is 12.1 Å². The Morgan fingerprint density at radius 3 is 3.08 bits per heavy atom. The van der Waals surface area contributed by atoms with Crippen LogP contribution in [0, 0.1) is 5.82 Å². The van der Waals surface area contributed by atoms with Crippen LogP contribution in [0.3, 0.4) is 0 Å². The summed E-state index contributed by atoms with van der Waals surface area (Å²) >= 11 is 0. The van der Waals surface area contributed by atoms with Crippen molar-refractivity contribution in [3.8, 4) is 0 Å². The molecule has 0 fully saturated rings. The number of hydrogen-bond acceptors (Lipinski definition) is 2. The van der Waals surface area contributed by atoms with Gasteiger partial charge >= 0.3 is 7.12 Å². The average molecular weight is 166 g/mol. The molecule has 0 spiro atoms. The zero-order chi connectivity index (χ0) is 8.72. The van der Waals surface area contributed by atoms with Crippen LogP contribution in [0.15, 0.2) is 18.2 Å². The average Bonchev–Trinajstić information content (AvgIpc) is 2.28. The fourth-order valence-corrected chi connectivity index (χ4v) is 1.46. The second kappa shape index (κ2) is 2.57. The van der Waals surface area contributed by atoms with Crippen LogP contribution in [0.2, 0.25) is 0 Å². The molecular weight excluding hydrogens is 158 g/mol. The molecule has 1 N–H and O–H groups in total. The summed E-state index contributed by atoms with van der Waals surface area (Å²) in [6.45, 7) is 1.79. The normalized spacial score (nSPS) is 21.2. The lowest BCUT2D eigenvalue weighted by Gasteiger charge is -2.02. The molecular formula is C8H8BFO2. The minimum atomic E-state index is -0.893. The topological polar surface area (TPSA) is 29.5 Å². The van der Waals surface area contributed by atoms with Crippen molar-refractivity contribution in [2.45, 2.75) is 13.0 Å². The minimum Gasteiger partial charge on any atom is -0.423 e. The first-order chi connectivity index (χ1) is 5.68. The highest BCUT2D eigenvalue weighted by Gasteiger charge is 2.32. The number of rotatable bonds is 0. The molecule has 4 heteroatoms. The van der Waals surface area contributed by atoms with Crippen LogP contribution in [0.25, 0.3) is 0 Å². The fraction of sp³-hybridized carbons (Fsp3) is 0.250. The van der Waals surface area contributed by atoms with Gasteiger partial charge in [-0.25, -0.2) is 4.39 Å². The molecule has 1 aliphatic rings. The van der Waals surface area contributed by atoms with Crippen LogP contribution in [0.1, 0.15) is 18.6 Å². The highest BCUT2D eigenvalue weighted by atomic mass is 19.1. The Kier molecular flexibility index (Phi) is 1.66. The summed E-state index contributed by atoms with van der Waals surface area (Å²) in [4.78, 5) is 0. The zero-order valence-electron chi connectivity index (χ0n) is 6.62. The van der Waals surface area contributed by atoms with Crippen molar-refractivity contribution >= 4 is 12.6 Å². The second-order valence-corrected chi connectivity index (χ2v) is 2.90. The molecule has 1 atom stereocenters. The van der Waals surface area contributed by atoms with Gasteiger partial charge in [0.15, 0.2) is 0 Å². The summed E-state index contributed by atoms with van der Waals surface area (Å²) in [6, 6.07) is 4.28. The van der Waals surface area contributed by atoms with Crippen molar-refractivity contribution in [3.63, 3.8) is 0 Å². The Morgan fingerprint density at radius 2 is 2.33 bits per heavy atom. The molecule has 0 saturated heterocycles. The Bertz CT molecular complexity index is 316. The summed E-state index contributed by atoms with van der Waals surface area (Å²) in [5, 5.41) is 9.30. The van der Waals surface area contributed by atoms with E-state index in [9.17, 15) is 9.41 Å². The SMILES string of the molecule is C[C@@H]1OB(O)c2ccc(F)cc21. The molecule has 2 nitrogen and oxygen atoms in total. The molecule has 1 heterocycles. The Hall–Kier alpha value is -0.865. The van der Waals surface area contributed by atoms with Gasteiger partial charge in [-0.3, -0.25) is 0 Å². The van der Waals surface area contributed by atoms with Crippen LogP contribution < -0.4 is 5.46 Å². The molecule has 1 aromatic rings. The Labute approximate surface area is 70.1 Å². The summed E-state index contributed by atoms with van der Waals surface area (Å²) in [5.41, 5.74) is 1.41. The van der Waals surface area contributed by atoms with E-state index in [0.29, 0.717) is 5.46 Å². The Morgan fingerprint density at radius 1 is 1.58 bits per heavy atom. The summed E-state index contributed by atoms with van der Waals surface area (Å²) < 4.78 is 17.8. The van der Waals surface area contributed by atoms with E-state index in [1.54, 1.807) is 13.0 Å². The lowest BCUT2D eigenvalue weighted by atomic mass is 9.79. The molecule has 0 aromatic heterocycles. The maximum absolute atomic E-state index is 12.7. The van der Waals surface area contributed by atoms with Gasteiger partial charge in [0, 0.05) is 0 Å². The summed E-state index contributed by atoms with van der Waals surface area (Å²) in [6.07, 6.45) is -0.217. The number of hydrogen-bond donors (Lipinski definition) is 1.